The maximum Gasteiger partial charge on any atom is 0.0928 e. The van der Waals surface area contributed by atoms with Gasteiger partial charge in [0.25, 0.3) is 0 Å². The van der Waals surface area contributed by atoms with Crippen LogP contribution in [0.15, 0.2) is 28.7 Å². The van der Waals surface area contributed by atoms with E-state index in [1.54, 1.807) is 0 Å². The molecule has 0 amide bonds. The first-order valence-corrected chi connectivity index (χ1v) is 5.46. The van der Waals surface area contributed by atoms with Gasteiger partial charge in [0, 0.05) is 4.47 Å². The van der Waals surface area contributed by atoms with Crippen LogP contribution in [0.3, 0.4) is 0 Å². The number of benzene rings is 1. The number of hydrogen-bond donors (Lipinski definition) is 0. The average molecular weight is 239 g/mol. The normalized spacial score (nSPS) is 35.9. The second kappa shape index (κ2) is 2.58. The zero-order valence-corrected chi connectivity index (χ0v) is 8.88. The van der Waals surface area contributed by atoms with Crippen molar-refractivity contribution in [1.29, 1.82) is 0 Å². The number of epoxide rings is 1. The molecule has 0 N–H and O–H groups in total. The summed E-state index contributed by atoms with van der Waals surface area (Å²) in [6.07, 6.45) is 2.46. The second-order valence-electron chi connectivity index (χ2n) is 4.13. The largest absolute Gasteiger partial charge is 0.370 e. The fourth-order valence-electron chi connectivity index (χ4n) is 2.15. The van der Waals surface area contributed by atoms with Gasteiger partial charge in [-0.15, -0.1) is 0 Å². The Morgan fingerprint density at radius 2 is 1.85 bits per heavy atom. The zero-order chi connectivity index (χ0) is 8.89. The van der Waals surface area contributed by atoms with Crippen LogP contribution in [0.2, 0.25) is 0 Å². The van der Waals surface area contributed by atoms with E-state index in [1.807, 2.05) is 0 Å². The zero-order valence-electron chi connectivity index (χ0n) is 7.29. The first-order valence-electron chi connectivity index (χ1n) is 4.67. The number of ether oxygens (including phenoxy) is 1. The van der Waals surface area contributed by atoms with Crippen molar-refractivity contribution in [2.45, 2.75) is 24.4 Å². The molecule has 1 spiro atoms. The lowest BCUT2D eigenvalue weighted by Crippen LogP contribution is -2.30. The van der Waals surface area contributed by atoms with Gasteiger partial charge in [0.05, 0.1) is 12.2 Å². The van der Waals surface area contributed by atoms with Gasteiger partial charge in [0.1, 0.15) is 0 Å². The highest BCUT2D eigenvalue weighted by Crippen LogP contribution is 2.54. The molecule has 2 fully saturated rings. The summed E-state index contributed by atoms with van der Waals surface area (Å²) in [4.78, 5) is 0. The van der Waals surface area contributed by atoms with Gasteiger partial charge < -0.3 is 4.74 Å². The fraction of sp³-hybridized carbons (Fsp3) is 0.455. The minimum atomic E-state index is 0.331. The SMILES string of the molecule is Brc1ccc(C2CC3(CO3)C2)cc1. The predicted octanol–water partition coefficient (Wildman–Crippen LogP) is 3.10. The Morgan fingerprint density at radius 1 is 1.23 bits per heavy atom. The van der Waals surface area contributed by atoms with Crippen molar-refractivity contribution in [2.75, 3.05) is 6.61 Å². The summed E-state index contributed by atoms with van der Waals surface area (Å²) in [5.74, 6) is 0.746. The van der Waals surface area contributed by atoms with E-state index in [9.17, 15) is 0 Å². The van der Waals surface area contributed by atoms with Crippen LogP contribution in [-0.4, -0.2) is 12.2 Å². The van der Waals surface area contributed by atoms with Crippen LogP contribution in [0.4, 0.5) is 0 Å². The minimum absolute atomic E-state index is 0.331. The first-order chi connectivity index (χ1) is 6.27. The van der Waals surface area contributed by atoms with Crippen molar-refractivity contribution in [3.63, 3.8) is 0 Å². The van der Waals surface area contributed by atoms with Gasteiger partial charge in [-0.1, -0.05) is 28.1 Å². The summed E-state index contributed by atoms with van der Waals surface area (Å²) in [6.45, 7) is 1.00. The Hall–Kier alpha value is -0.340. The number of hydrogen-bond acceptors (Lipinski definition) is 1. The Morgan fingerprint density at radius 3 is 2.38 bits per heavy atom. The van der Waals surface area contributed by atoms with Gasteiger partial charge in [0.2, 0.25) is 0 Å². The fourth-order valence-corrected chi connectivity index (χ4v) is 2.41. The molecule has 3 rings (SSSR count). The molecule has 1 aliphatic heterocycles. The van der Waals surface area contributed by atoms with Crippen molar-refractivity contribution in [2.24, 2.45) is 0 Å². The maximum absolute atomic E-state index is 5.40. The van der Waals surface area contributed by atoms with Crippen LogP contribution < -0.4 is 0 Å². The number of halogens is 1. The Labute approximate surface area is 86.2 Å². The minimum Gasteiger partial charge on any atom is -0.370 e. The highest BCUT2D eigenvalue weighted by atomic mass is 79.9. The molecule has 0 atom stereocenters. The Kier molecular flexibility index (Phi) is 1.59. The third-order valence-corrected chi connectivity index (χ3v) is 3.66. The standard InChI is InChI=1S/C11H11BrO/c12-10-3-1-8(2-4-10)9-5-11(6-9)7-13-11/h1-4,9H,5-7H2. The van der Waals surface area contributed by atoms with Gasteiger partial charge >= 0.3 is 0 Å². The van der Waals surface area contributed by atoms with Crippen LogP contribution in [0, 0.1) is 0 Å². The van der Waals surface area contributed by atoms with E-state index in [0.717, 1.165) is 17.0 Å². The highest BCUT2D eigenvalue weighted by molar-refractivity contribution is 9.10. The number of rotatable bonds is 1. The molecule has 1 nitrogen and oxygen atoms in total. The van der Waals surface area contributed by atoms with E-state index in [1.165, 1.54) is 18.4 Å². The molecule has 0 radical (unpaired) electrons. The van der Waals surface area contributed by atoms with Crippen molar-refractivity contribution >= 4 is 15.9 Å². The molecule has 13 heavy (non-hydrogen) atoms. The van der Waals surface area contributed by atoms with Crippen LogP contribution >= 0.6 is 15.9 Å². The molecule has 1 heterocycles. The van der Waals surface area contributed by atoms with Crippen LogP contribution in [0.25, 0.3) is 0 Å². The molecule has 1 saturated carbocycles. The average Bonchev–Trinajstić information content (AvgIpc) is 2.83. The molecular formula is C11H11BrO. The van der Waals surface area contributed by atoms with Crippen molar-refractivity contribution in [3.8, 4) is 0 Å². The lowest BCUT2D eigenvalue weighted by atomic mass is 9.71. The predicted molar refractivity (Wildman–Crippen MR) is 54.8 cm³/mol. The molecule has 1 aromatic rings. The molecule has 2 aliphatic rings. The van der Waals surface area contributed by atoms with Gasteiger partial charge in [-0.2, -0.15) is 0 Å². The molecule has 1 aliphatic carbocycles. The molecular weight excluding hydrogens is 228 g/mol. The van der Waals surface area contributed by atoms with E-state index >= 15 is 0 Å². The summed E-state index contributed by atoms with van der Waals surface area (Å²) in [7, 11) is 0. The van der Waals surface area contributed by atoms with Gasteiger partial charge in [-0.05, 0) is 36.5 Å². The third kappa shape index (κ3) is 1.32. The third-order valence-electron chi connectivity index (χ3n) is 3.13. The first kappa shape index (κ1) is 8.01. The quantitative estimate of drug-likeness (QED) is 0.686. The maximum atomic E-state index is 5.40. The Bertz CT molecular complexity index is 318. The Balaban J connectivity index is 1.75. The smallest absolute Gasteiger partial charge is 0.0928 e. The van der Waals surface area contributed by atoms with Crippen LogP contribution in [-0.2, 0) is 4.74 Å². The summed E-state index contributed by atoms with van der Waals surface area (Å²) in [5.41, 5.74) is 1.79. The highest BCUT2D eigenvalue weighted by Gasteiger charge is 2.55. The summed E-state index contributed by atoms with van der Waals surface area (Å²) >= 11 is 3.44. The topological polar surface area (TPSA) is 12.5 Å². The monoisotopic (exact) mass is 238 g/mol. The lowest BCUT2D eigenvalue weighted by Gasteiger charge is -2.33. The van der Waals surface area contributed by atoms with Gasteiger partial charge in [-0.3, -0.25) is 0 Å². The van der Waals surface area contributed by atoms with E-state index in [4.69, 9.17) is 4.74 Å². The molecule has 1 aromatic carbocycles. The second-order valence-corrected chi connectivity index (χ2v) is 5.04. The van der Waals surface area contributed by atoms with E-state index < -0.39 is 0 Å². The molecule has 68 valence electrons. The molecule has 2 heteroatoms. The van der Waals surface area contributed by atoms with E-state index in [2.05, 4.69) is 40.2 Å². The molecule has 0 unspecified atom stereocenters. The molecule has 0 bridgehead atoms. The van der Waals surface area contributed by atoms with Gasteiger partial charge in [-0.25, -0.2) is 0 Å². The van der Waals surface area contributed by atoms with E-state index in [-0.39, 0.29) is 0 Å². The summed E-state index contributed by atoms with van der Waals surface area (Å²) in [5, 5.41) is 0. The van der Waals surface area contributed by atoms with Crippen LogP contribution in [0.1, 0.15) is 24.3 Å². The van der Waals surface area contributed by atoms with E-state index in [0.29, 0.717) is 5.60 Å². The van der Waals surface area contributed by atoms with Gasteiger partial charge in [0.15, 0.2) is 0 Å². The summed E-state index contributed by atoms with van der Waals surface area (Å²) < 4.78 is 6.56. The van der Waals surface area contributed by atoms with Crippen molar-refractivity contribution < 1.29 is 4.74 Å². The molecule has 1 saturated heterocycles. The molecule has 0 aromatic heterocycles. The van der Waals surface area contributed by atoms with Crippen molar-refractivity contribution in [3.05, 3.63) is 34.3 Å². The van der Waals surface area contributed by atoms with Crippen LogP contribution in [0.5, 0.6) is 0 Å². The summed E-state index contributed by atoms with van der Waals surface area (Å²) in [6, 6.07) is 8.66. The lowest BCUT2D eigenvalue weighted by molar-refractivity contribution is 0.170. The van der Waals surface area contributed by atoms with Crippen molar-refractivity contribution in [1.82, 2.24) is 0 Å².